The predicted octanol–water partition coefficient (Wildman–Crippen LogP) is 3.30. The maximum atomic E-state index is 2.52. The molecule has 0 aliphatic rings. The Morgan fingerprint density at radius 3 is 0.660 bits per heavy atom. The van der Waals surface area contributed by atoms with Gasteiger partial charge in [0.05, 0.1) is 12.3 Å². The molecule has 0 bridgehead atoms. The predicted molar refractivity (Wildman–Crippen MR) is 214 cm³/mol. The summed E-state index contributed by atoms with van der Waals surface area (Å²) in [7, 11) is -4.03. The van der Waals surface area contributed by atoms with Crippen molar-refractivity contribution < 1.29 is 24.8 Å². The zero-order chi connectivity index (χ0) is 32.8. The topological polar surface area (TPSA) is 0 Å². The van der Waals surface area contributed by atoms with Gasteiger partial charge in [0.25, 0.3) is 0 Å². The SMILES string of the molecule is Cc1cc(C[P+](c2ccccc2)(c2ccccc2)c2ccccc2)c(C)cc1C[P+](c1ccccc1)(c1ccccc1)c1ccccc1.[Cl-].[Cl-]. The fourth-order valence-corrected chi connectivity index (χ4v) is 16.0. The Balaban J connectivity index is 0.00000243. The molecule has 0 saturated heterocycles. The second kappa shape index (κ2) is 16.8. The van der Waals surface area contributed by atoms with E-state index in [0.29, 0.717) is 0 Å². The molecule has 0 spiro atoms. The first-order chi connectivity index (χ1) is 23.6. The van der Waals surface area contributed by atoms with Crippen molar-refractivity contribution in [2.75, 3.05) is 0 Å². The molecule has 250 valence electrons. The van der Waals surface area contributed by atoms with Gasteiger partial charge in [0, 0.05) is 0 Å². The highest BCUT2D eigenvalue weighted by atomic mass is 35.5. The smallest absolute Gasteiger partial charge is 0.116 e. The van der Waals surface area contributed by atoms with E-state index in [0.717, 1.165) is 12.3 Å². The van der Waals surface area contributed by atoms with Crippen LogP contribution in [0.1, 0.15) is 22.3 Å². The van der Waals surface area contributed by atoms with Crippen LogP contribution in [-0.2, 0) is 12.3 Å². The summed E-state index contributed by atoms with van der Waals surface area (Å²) in [5, 5.41) is 8.53. The Bertz CT molecular complexity index is 1720. The third-order valence-corrected chi connectivity index (χ3v) is 18.5. The first-order valence-electron chi connectivity index (χ1n) is 16.8. The first-order valence-corrected chi connectivity index (χ1v) is 20.7. The standard InChI is InChI=1S/C46H42P2.2ClH/c1-37-33-40(36-48(44-27-15-6-16-28-44,45-29-17-7-18-30-45)46-31-19-8-20-32-46)38(2)34-39(37)35-47(41-21-9-3-10-22-41,42-23-11-4-12-24-42)43-25-13-5-14-26-43;;/h3-34H,35-36H2,1-2H3;2*1H/q+2;;/p-2. The second-order valence-corrected chi connectivity index (χ2v) is 19.6. The zero-order valence-electron chi connectivity index (χ0n) is 28.5. The van der Waals surface area contributed by atoms with Gasteiger partial charge in [-0.3, -0.25) is 0 Å². The number of benzene rings is 7. The minimum atomic E-state index is -2.01. The van der Waals surface area contributed by atoms with E-state index in [1.54, 1.807) is 0 Å². The summed E-state index contributed by atoms with van der Waals surface area (Å²) in [5.41, 5.74) is 5.61. The van der Waals surface area contributed by atoms with Crippen LogP contribution < -0.4 is 56.6 Å². The molecule has 0 atom stereocenters. The normalized spacial score (nSPS) is 11.2. The molecule has 7 aromatic rings. The molecule has 7 rings (SSSR count). The number of rotatable bonds is 10. The molecule has 0 saturated carbocycles. The van der Waals surface area contributed by atoms with Crippen LogP contribution in [0.3, 0.4) is 0 Å². The molecule has 0 heterocycles. The van der Waals surface area contributed by atoms with E-state index in [2.05, 4.69) is 208 Å². The molecule has 0 radical (unpaired) electrons. The monoisotopic (exact) mass is 726 g/mol. The Morgan fingerprint density at radius 1 is 0.300 bits per heavy atom. The van der Waals surface area contributed by atoms with Gasteiger partial charge in [-0.05, 0) is 109 Å². The van der Waals surface area contributed by atoms with Crippen molar-refractivity contribution in [3.63, 3.8) is 0 Å². The van der Waals surface area contributed by atoms with Crippen LogP contribution in [0.15, 0.2) is 194 Å². The Kier molecular flexibility index (Phi) is 12.5. The minimum Gasteiger partial charge on any atom is -1.00 e. The summed E-state index contributed by atoms with van der Waals surface area (Å²) in [6.07, 6.45) is 1.96. The molecule has 0 aromatic heterocycles. The molecule has 0 unspecified atom stereocenters. The zero-order valence-corrected chi connectivity index (χ0v) is 31.8. The highest BCUT2D eigenvalue weighted by Gasteiger charge is 2.47. The highest BCUT2D eigenvalue weighted by Crippen LogP contribution is 2.60. The van der Waals surface area contributed by atoms with E-state index in [-0.39, 0.29) is 24.8 Å². The molecule has 0 fully saturated rings. The maximum absolute atomic E-state index is 2.52. The molecule has 50 heavy (non-hydrogen) atoms. The summed E-state index contributed by atoms with van der Waals surface area (Å²) in [4.78, 5) is 0. The van der Waals surface area contributed by atoms with E-state index in [1.165, 1.54) is 54.1 Å². The van der Waals surface area contributed by atoms with Crippen molar-refractivity contribution in [3.8, 4) is 0 Å². The number of hydrogen-bond donors (Lipinski definition) is 0. The van der Waals surface area contributed by atoms with Crippen molar-refractivity contribution in [2.24, 2.45) is 0 Å². The van der Waals surface area contributed by atoms with Crippen LogP contribution in [0, 0.1) is 13.8 Å². The van der Waals surface area contributed by atoms with Gasteiger partial charge in [-0.25, -0.2) is 0 Å². The molecule has 0 N–H and O–H groups in total. The third kappa shape index (κ3) is 7.23. The van der Waals surface area contributed by atoms with E-state index in [4.69, 9.17) is 0 Å². The lowest BCUT2D eigenvalue weighted by Gasteiger charge is -2.30. The number of hydrogen-bond acceptors (Lipinski definition) is 0. The molecule has 0 nitrogen and oxygen atoms in total. The van der Waals surface area contributed by atoms with Gasteiger partial charge in [0.15, 0.2) is 0 Å². The van der Waals surface area contributed by atoms with Crippen LogP contribution in [0.25, 0.3) is 0 Å². The van der Waals surface area contributed by atoms with Crippen LogP contribution in [-0.4, -0.2) is 0 Å². The maximum Gasteiger partial charge on any atom is 0.116 e. The average molecular weight is 728 g/mol. The lowest BCUT2D eigenvalue weighted by molar-refractivity contribution is -0.00100. The van der Waals surface area contributed by atoms with Crippen molar-refractivity contribution in [3.05, 3.63) is 216 Å². The third-order valence-electron chi connectivity index (χ3n) is 9.79. The van der Waals surface area contributed by atoms with Crippen LogP contribution >= 0.6 is 14.5 Å². The van der Waals surface area contributed by atoms with E-state index >= 15 is 0 Å². The quantitative estimate of drug-likeness (QED) is 0.190. The van der Waals surface area contributed by atoms with Crippen molar-refractivity contribution in [2.45, 2.75) is 26.2 Å². The van der Waals surface area contributed by atoms with Crippen molar-refractivity contribution >= 4 is 46.4 Å². The lowest BCUT2D eigenvalue weighted by atomic mass is 10.0. The summed E-state index contributed by atoms with van der Waals surface area (Å²) in [6.45, 7) is 4.67. The summed E-state index contributed by atoms with van der Waals surface area (Å²) >= 11 is 0. The fraction of sp³-hybridized carbons (Fsp3) is 0.0870. The summed E-state index contributed by atoms with van der Waals surface area (Å²) in [5.74, 6) is 0. The number of aryl methyl sites for hydroxylation is 2. The van der Waals surface area contributed by atoms with E-state index < -0.39 is 14.5 Å². The molecule has 0 aliphatic heterocycles. The molecular weight excluding hydrogens is 685 g/mol. The Morgan fingerprint density at radius 2 is 0.480 bits per heavy atom. The lowest BCUT2D eigenvalue weighted by Crippen LogP contribution is -3.00. The largest absolute Gasteiger partial charge is 1.00 e. The van der Waals surface area contributed by atoms with E-state index in [9.17, 15) is 0 Å². The highest BCUT2D eigenvalue weighted by molar-refractivity contribution is 7.95. The summed E-state index contributed by atoms with van der Waals surface area (Å²) < 4.78 is 0. The van der Waals surface area contributed by atoms with Gasteiger partial charge in [-0.15, -0.1) is 0 Å². The van der Waals surface area contributed by atoms with E-state index in [1.807, 2.05) is 0 Å². The fourth-order valence-electron chi connectivity index (χ4n) is 7.32. The van der Waals surface area contributed by atoms with Gasteiger partial charge in [0.1, 0.15) is 46.4 Å². The average Bonchev–Trinajstić information content (AvgIpc) is 3.16. The molecule has 4 heteroatoms. The molecule has 0 aliphatic carbocycles. The minimum absolute atomic E-state index is 0. The molecule has 0 amide bonds. The van der Waals surface area contributed by atoms with Gasteiger partial charge < -0.3 is 24.8 Å². The van der Waals surface area contributed by atoms with Crippen LogP contribution in [0.4, 0.5) is 0 Å². The van der Waals surface area contributed by atoms with Gasteiger partial charge in [-0.2, -0.15) is 0 Å². The molecule has 7 aromatic carbocycles. The van der Waals surface area contributed by atoms with Crippen LogP contribution in [0.5, 0.6) is 0 Å². The number of halogens is 2. The Labute approximate surface area is 312 Å². The van der Waals surface area contributed by atoms with Gasteiger partial charge >= 0.3 is 0 Å². The van der Waals surface area contributed by atoms with Gasteiger partial charge in [0.2, 0.25) is 0 Å². The van der Waals surface area contributed by atoms with Crippen molar-refractivity contribution in [1.29, 1.82) is 0 Å². The van der Waals surface area contributed by atoms with Crippen molar-refractivity contribution in [1.82, 2.24) is 0 Å². The van der Waals surface area contributed by atoms with Crippen LogP contribution in [0.2, 0.25) is 0 Å². The van der Waals surface area contributed by atoms with Gasteiger partial charge in [-0.1, -0.05) is 121 Å². The first kappa shape index (κ1) is 37.2. The summed E-state index contributed by atoms with van der Waals surface area (Å²) in [6, 6.07) is 72.5. The second-order valence-electron chi connectivity index (χ2n) is 12.7. The molecular formula is C46H42Cl2P2. The Hall–Kier alpha value is -4.02.